The quantitative estimate of drug-likeness (QED) is 0.399. The number of amides is 1. The third-order valence-electron chi connectivity index (χ3n) is 6.47. The minimum absolute atomic E-state index is 0.0137. The van der Waals surface area contributed by atoms with Gasteiger partial charge in [0.1, 0.15) is 17.9 Å². The molecule has 2 aliphatic rings. The number of nitrogens with one attached hydrogen (secondary N) is 3. The number of H-pyrrole nitrogens is 1. The molecule has 5 heterocycles. The zero-order valence-corrected chi connectivity index (χ0v) is 18.4. The van der Waals surface area contributed by atoms with Gasteiger partial charge in [-0.05, 0) is 25.0 Å². The Morgan fingerprint density at radius 1 is 1.26 bits per heavy atom. The van der Waals surface area contributed by atoms with Crippen molar-refractivity contribution in [3.8, 4) is 0 Å². The van der Waals surface area contributed by atoms with E-state index >= 15 is 0 Å². The molecule has 1 aliphatic heterocycles. The molecule has 4 aromatic rings. The van der Waals surface area contributed by atoms with Crippen molar-refractivity contribution in [3.05, 3.63) is 48.7 Å². The third-order valence-corrected chi connectivity index (χ3v) is 6.47. The predicted octanol–water partition coefficient (Wildman–Crippen LogP) is 2.59. The molecule has 12 heteroatoms. The monoisotopic (exact) mass is 462 g/mol. The lowest BCUT2D eigenvalue weighted by Gasteiger charge is -2.24. The highest BCUT2D eigenvalue weighted by Crippen LogP contribution is 2.47. The minimum atomic E-state index is -1.19. The van der Waals surface area contributed by atoms with Crippen molar-refractivity contribution in [2.24, 2.45) is 0 Å². The van der Waals surface area contributed by atoms with Gasteiger partial charge in [0.05, 0.1) is 12.7 Å². The van der Waals surface area contributed by atoms with E-state index in [2.05, 4.69) is 47.7 Å². The molecule has 0 unspecified atom stereocenters. The number of alkyl halides is 1. The first-order chi connectivity index (χ1) is 16.5. The number of aromatic nitrogens is 7. The van der Waals surface area contributed by atoms with E-state index in [1.807, 2.05) is 24.4 Å². The number of fused-ring (bicyclic) bond motifs is 1. The molecule has 2 fully saturated rings. The number of hydrogen-bond acceptors (Lipinski definition) is 8. The van der Waals surface area contributed by atoms with Gasteiger partial charge in [-0.3, -0.25) is 19.3 Å². The van der Waals surface area contributed by atoms with Crippen LogP contribution in [0.5, 0.6) is 0 Å². The maximum absolute atomic E-state index is 14.5. The third kappa shape index (κ3) is 3.70. The van der Waals surface area contributed by atoms with Crippen molar-refractivity contribution in [2.75, 3.05) is 22.1 Å². The molecule has 0 spiro atoms. The number of halogens is 1. The van der Waals surface area contributed by atoms with Gasteiger partial charge in [-0.15, -0.1) is 0 Å². The van der Waals surface area contributed by atoms with Crippen molar-refractivity contribution in [2.45, 2.75) is 43.8 Å². The van der Waals surface area contributed by atoms with Crippen LogP contribution in [-0.4, -0.2) is 59.2 Å². The van der Waals surface area contributed by atoms with E-state index in [9.17, 15) is 9.18 Å². The zero-order chi connectivity index (χ0) is 23.3. The Bertz CT molecular complexity index is 1350. The van der Waals surface area contributed by atoms with Crippen LogP contribution in [0.15, 0.2) is 43.0 Å². The summed E-state index contributed by atoms with van der Waals surface area (Å²) in [5.41, 5.74) is 1.85. The van der Waals surface area contributed by atoms with Gasteiger partial charge in [-0.2, -0.15) is 15.1 Å². The summed E-state index contributed by atoms with van der Waals surface area (Å²) in [6, 6.07) is 4.87. The molecule has 3 N–H and O–H groups in total. The average molecular weight is 462 g/mol. The van der Waals surface area contributed by atoms with E-state index in [0.717, 1.165) is 18.5 Å². The molecule has 2 atom stereocenters. The van der Waals surface area contributed by atoms with Gasteiger partial charge < -0.3 is 15.5 Å². The molecule has 1 amide bonds. The fourth-order valence-corrected chi connectivity index (χ4v) is 4.23. The predicted molar refractivity (Wildman–Crippen MR) is 123 cm³/mol. The van der Waals surface area contributed by atoms with Crippen LogP contribution >= 0.6 is 0 Å². The van der Waals surface area contributed by atoms with Crippen LogP contribution in [0.1, 0.15) is 31.9 Å². The second-order valence-corrected chi connectivity index (χ2v) is 9.02. The molecule has 6 rings (SSSR count). The molecule has 1 saturated carbocycles. The van der Waals surface area contributed by atoms with Gasteiger partial charge >= 0.3 is 0 Å². The first kappa shape index (κ1) is 20.5. The van der Waals surface area contributed by atoms with Crippen molar-refractivity contribution in [1.82, 2.24) is 34.5 Å². The Morgan fingerprint density at radius 2 is 2.15 bits per heavy atom. The first-order valence-electron chi connectivity index (χ1n) is 11.1. The van der Waals surface area contributed by atoms with Crippen LogP contribution in [-0.2, 0) is 10.2 Å². The van der Waals surface area contributed by atoms with E-state index in [-0.39, 0.29) is 30.2 Å². The van der Waals surface area contributed by atoms with Crippen LogP contribution in [0.4, 0.5) is 27.9 Å². The fourth-order valence-electron chi connectivity index (χ4n) is 4.23. The van der Waals surface area contributed by atoms with Crippen LogP contribution in [0.2, 0.25) is 0 Å². The summed E-state index contributed by atoms with van der Waals surface area (Å²) in [6.07, 6.45) is 7.37. The van der Waals surface area contributed by atoms with Crippen LogP contribution < -0.4 is 15.5 Å². The Hall–Kier alpha value is -4.09. The maximum atomic E-state index is 14.5. The van der Waals surface area contributed by atoms with E-state index in [0.29, 0.717) is 23.2 Å². The molecule has 0 aromatic carbocycles. The number of nitrogens with zero attached hydrogens (tertiary/aromatic N) is 7. The Balaban J connectivity index is 1.30. The number of carbonyl (C=O) groups is 1. The van der Waals surface area contributed by atoms with Crippen molar-refractivity contribution in [1.29, 1.82) is 0 Å². The molecule has 0 radical (unpaired) electrons. The van der Waals surface area contributed by atoms with E-state index in [4.69, 9.17) is 0 Å². The van der Waals surface area contributed by atoms with Crippen LogP contribution in [0.25, 0.3) is 5.65 Å². The fraction of sp³-hybridized carbons (Fsp3) is 0.364. The smallest absolute Gasteiger partial charge is 0.248 e. The number of anilines is 4. The Labute approximate surface area is 193 Å². The van der Waals surface area contributed by atoms with Gasteiger partial charge in [0.2, 0.25) is 17.8 Å². The molecule has 4 aromatic heterocycles. The molecule has 0 bridgehead atoms. The van der Waals surface area contributed by atoms with Crippen molar-refractivity contribution < 1.29 is 9.18 Å². The average Bonchev–Trinajstić information content (AvgIpc) is 3.23. The van der Waals surface area contributed by atoms with Crippen LogP contribution in [0, 0.1) is 0 Å². The molecular formula is C22H23FN10O. The highest BCUT2D eigenvalue weighted by molar-refractivity contribution is 5.96. The molecule has 1 aliphatic carbocycles. The largest absolute Gasteiger partial charge is 0.326 e. The van der Waals surface area contributed by atoms with Crippen molar-refractivity contribution in [3.63, 3.8) is 0 Å². The lowest BCUT2D eigenvalue weighted by atomic mass is 10.1. The summed E-state index contributed by atoms with van der Waals surface area (Å²) in [7, 11) is 0. The lowest BCUT2D eigenvalue weighted by molar-refractivity contribution is -0.117. The van der Waals surface area contributed by atoms with Gasteiger partial charge in [0.25, 0.3) is 0 Å². The summed E-state index contributed by atoms with van der Waals surface area (Å²) >= 11 is 0. The molecule has 11 nitrogen and oxygen atoms in total. The topological polar surface area (TPSA) is 129 Å². The highest BCUT2D eigenvalue weighted by Gasteiger charge is 2.41. The highest BCUT2D eigenvalue weighted by atomic mass is 19.1. The summed E-state index contributed by atoms with van der Waals surface area (Å²) in [5.74, 6) is 1.28. The second-order valence-electron chi connectivity index (χ2n) is 9.02. The number of rotatable bonds is 6. The minimum Gasteiger partial charge on any atom is -0.326 e. The molecular weight excluding hydrogens is 439 g/mol. The zero-order valence-electron chi connectivity index (χ0n) is 18.4. The lowest BCUT2D eigenvalue weighted by Crippen LogP contribution is -2.41. The van der Waals surface area contributed by atoms with Gasteiger partial charge in [-0.1, -0.05) is 6.92 Å². The second kappa shape index (κ2) is 7.75. The molecule has 174 valence electrons. The normalized spacial score (nSPS) is 21.1. The summed E-state index contributed by atoms with van der Waals surface area (Å²) in [4.78, 5) is 31.8. The van der Waals surface area contributed by atoms with Gasteiger partial charge in [0.15, 0.2) is 11.6 Å². The summed E-state index contributed by atoms with van der Waals surface area (Å²) in [5, 5.41) is 13.4. The Kier molecular flexibility index (Phi) is 4.67. The summed E-state index contributed by atoms with van der Waals surface area (Å²) in [6.45, 7) is 2.21. The van der Waals surface area contributed by atoms with Gasteiger partial charge in [-0.25, -0.2) is 9.37 Å². The molecule has 34 heavy (non-hydrogen) atoms. The van der Waals surface area contributed by atoms with Crippen LogP contribution in [0.3, 0.4) is 0 Å². The maximum Gasteiger partial charge on any atom is 0.248 e. The van der Waals surface area contributed by atoms with E-state index in [1.54, 1.807) is 9.30 Å². The van der Waals surface area contributed by atoms with Gasteiger partial charge in [0, 0.05) is 42.2 Å². The first-order valence-corrected chi connectivity index (χ1v) is 11.1. The van der Waals surface area contributed by atoms with E-state index in [1.165, 1.54) is 18.6 Å². The number of carbonyl (C=O) groups excluding carboxylic acids is 1. The Morgan fingerprint density at radius 3 is 2.94 bits per heavy atom. The summed E-state index contributed by atoms with van der Waals surface area (Å²) < 4.78 is 16.3. The standard InChI is InChI=1S/C22H23FN10O/c1-22(4-5-22)15-10-16(31-30-15)27-20-29-21(28-18-3-2-8-32(18)20)33-12-13(23)9-14(33)19(34)26-17-11-24-6-7-25-17/h2-3,6-8,10-11,13-14H,4-5,9,12H2,1H3,(H,25,26,34)(H2,27,28,29,30,31)/t13-,14+/m1/s1. The van der Waals surface area contributed by atoms with E-state index < -0.39 is 12.2 Å². The number of aromatic amines is 1. The number of hydrogen-bond donors (Lipinski definition) is 3. The SMILES string of the molecule is CC1(c2cc(Nc3nc(N4C[C@H](F)C[C@H]4C(=O)Nc4cnccn4)nc4cccn34)n[nH]2)CC1. The van der Waals surface area contributed by atoms with Crippen molar-refractivity contribution >= 4 is 35.1 Å². The molecule has 1 saturated heterocycles.